The van der Waals surface area contributed by atoms with Gasteiger partial charge in [0.25, 0.3) is 0 Å². The van der Waals surface area contributed by atoms with Gasteiger partial charge in [-0.2, -0.15) is 0 Å². The highest BCUT2D eigenvalue weighted by Gasteiger charge is 2.30. The molecule has 118 valence electrons. The average molecular weight is 327 g/mol. The summed E-state index contributed by atoms with van der Waals surface area (Å²) in [5.41, 5.74) is 9.11. The third kappa shape index (κ3) is 2.55. The SMILES string of the molecule is C[SiH](C)C1C(c2ccccc2)=Cc2c(-c3ccccc3)cccc21. The fourth-order valence-corrected chi connectivity index (χ4v) is 5.93. The second-order valence-corrected chi connectivity index (χ2v) is 10.0. The van der Waals surface area contributed by atoms with Crippen molar-refractivity contribution in [3.8, 4) is 11.1 Å². The molecule has 1 aliphatic carbocycles. The molecule has 1 heteroatoms. The lowest BCUT2D eigenvalue weighted by atomic mass is 9.97. The van der Waals surface area contributed by atoms with Gasteiger partial charge in [-0.1, -0.05) is 92.0 Å². The standard InChI is InChI=1S/C23H22Si/c1-24(2)23-20-15-9-14-19(17-10-5-3-6-11-17)22(20)16-21(23)18-12-7-4-8-13-18/h3-16,23-24H,1-2H3. The molecule has 3 aromatic carbocycles. The third-order valence-corrected chi connectivity index (χ3v) is 7.02. The Balaban J connectivity index is 1.91. The summed E-state index contributed by atoms with van der Waals surface area (Å²) < 4.78 is 0. The largest absolute Gasteiger partial charge is 0.0714 e. The van der Waals surface area contributed by atoms with Crippen LogP contribution < -0.4 is 0 Å². The highest BCUT2D eigenvalue weighted by molar-refractivity contribution is 6.60. The average Bonchev–Trinajstić information content (AvgIpc) is 3.03. The van der Waals surface area contributed by atoms with Crippen LogP contribution in [0.1, 0.15) is 22.2 Å². The fraction of sp³-hybridized carbons (Fsp3) is 0.130. The number of rotatable bonds is 3. The molecule has 0 saturated heterocycles. The second kappa shape index (κ2) is 6.25. The van der Waals surface area contributed by atoms with Crippen molar-refractivity contribution < 1.29 is 0 Å². The summed E-state index contributed by atoms with van der Waals surface area (Å²) in [7, 11) is -0.871. The zero-order valence-electron chi connectivity index (χ0n) is 14.2. The Bertz CT molecular complexity index is 876. The molecule has 0 saturated carbocycles. The molecule has 0 aromatic heterocycles. The quantitative estimate of drug-likeness (QED) is 0.516. The van der Waals surface area contributed by atoms with Crippen LogP contribution in [0.2, 0.25) is 13.1 Å². The van der Waals surface area contributed by atoms with Gasteiger partial charge in [-0.3, -0.25) is 0 Å². The zero-order valence-corrected chi connectivity index (χ0v) is 15.4. The minimum atomic E-state index is -0.871. The highest BCUT2D eigenvalue weighted by Crippen LogP contribution is 2.46. The van der Waals surface area contributed by atoms with Crippen molar-refractivity contribution in [1.82, 2.24) is 0 Å². The Kier molecular flexibility index (Phi) is 3.95. The smallest absolute Gasteiger partial charge is 0.0444 e. The van der Waals surface area contributed by atoms with E-state index < -0.39 is 8.80 Å². The van der Waals surface area contributed by atoms with E-state index >= 15 is 0 Å². The van der Waals surface area contributed by atoms with Crippen molar-refractivity contribution in [2.24, 2.45) is 0 Å². The van der Waals surface area contributed by atoms with Crippen LogP contribution in [0.15, 0.2) is 78.9 Å². The van der Waals surface area contributed by atoms with Gasteiger partial charge < -0.3 is 0 Å². The van der Waals surface area contributed by atoms with E-state index in [9.17, 15) is 0 Å². The molecule has 0 bridgehead atoms. The van der Waals surface area contributed by atoms with Crippen LogP contribution in [0.25, 0.3) is 22.8 Å². The van der Waals surface area contributed by atoms with Crippen molar-refractivity contribution in [2.75, 3.05) is 0 Å². The Labute approximate surface area is 146 Å². The normalized spacial score (nSPS) is 16.1. The zero-order chi connectivity index (χ0) is 16.5. The number of hydrogen-bond acceptors (Lipinski definition) is 0. The van der Waals surface area contributed by atoms with Crippen LogP contribution >= 0.6 is 0 Å². The maximum absolute atomic E-state index is 2.46. The van der Waals surface area contributed by atoms with E-state index in [1.807, 2.05) is 0 Å². The van der Waals surface area contributed by atoms with Crippen LogP contribution in [0, 0.1) is 0 Å². The Morgan fingerprint density at radius 3 is 1.92 bits per heavy atom. The maximum atomic E-state index is 2.46. The molecular weight excluding hydrogens is 304 g/mol. The van der Waals surface area contributed by atoms with Crippen LogP contribution in [0.4, 0.5) is 0 Å². The van der Waals surface area contributed by atoms with Gasteiger partial charge in [-0.15, -0.1) is 0 Å². The van der Waals surface area contributed by atoms with Crippen LogP contribution in [0.3, 0.4) is 0 Å². The summed E-state index contributed by atoms with van der Waals surface area (Å²) in [4.78, 5) is 0. The maximum Gasteiger partial charge on any atom is 0.0444 e. The molecule has 1 atom stereocenters. The summed E-state index contributed by atoms with van der Waals surface area (Å²) in [6, 6.07) is 28.5. The number of fused-ring (bicyclic) bond motifs is 1. The summed E-state index contributed by atoms with van der Waals surface area (Å²) in [5, 5.41) is 0. The molecule has 0 nitrogen and oxygen atoms in total. The lowest BCUT2D eigenvalue weighted by Crippen LogP contribution is -2.15. The Hall–Kier alpha value is -2.38. The first-order chi connectivity index (χ1) is 11.8. The minimum absolute atomic E-state index is 0.603. The van der Waals surface area contributed by atoms with E-state index in [1.165, 1.54) is 33.4 Å². The van der Waals surface area contributed by atoms with E-state index in [4.69, 9.17) is 0 Å². The van der Waals surface area contributed by atoms with E-state index in [1.54, 1.807) is 0 Å². The molecule has 1 aliphatic rings. The molecule has 0 fully saturated rings. The van der Waals surface area contributed by atoms with Crippen molar-refractivity contribution in [1.29, 1.82) is 0 Å². The van der Waals surface area contributed by atoms with Crippen molar-refractivity contribution >= 4 is 20.4 Å². The first kappa shape index (κ1) is 15.2. The first-order valence-electron chi connectivity index (χ1n) is 8.71. The summed E-state index contributed by atoms with van der Waals surface area (Å²) >= 11 is 0. The molecule has 0 radical (unpaired) electrons. The molecular formula is C23H22Si. The van der Waals surface area contributed by atoms with Crippen molar-refractivity contribution in [3.05, 3.63) is 95.6 Å². The topological polar surface area (TPSA) is 0 Å². The van der Waals surface area contributed by atoms with Gasteiger partial charge in [0, 0.05) is 14.3 Å². The molecule has 0 spiro atoms. The summed E-state index contributed by atoms with van der Waals surface area (Å²) in [6.45, 7) is 4.93. The predicted molar refractivity (Wildman–Crippen MR) is 108 cm³/mol. The van der Waals surface area contributed by atoms with Gasteiger partial charge in [0.2, 0.25) is 0 Å². The molecule has 24 heavy (non-hydrogen) atoms. The van der Waals surface area contributed by atoms with Crippen LogP contribution in [0.5, 0.6) is 0 Å². The molecule has 0 heterocycles. The minimum Gasteiger partial charge on any atom is -0.0714 e. The van der Waals surface area contributed by atoms with Gasteiger partial charge >= 0.3 is 0 Å². The molecule has 1 unspecified atom stereocenters. The number of benzene rings is 3. The lowest BCUT2D eigenvalue weighted by Gasteiger charge is -2.20. The lowest BCUT2D eigenvalue weighted by molar-refractivity contribution is 1.21. The Morgan fingerprint density at radius 2 is 1.29 bits per heavy atom. The predicted octanol–water partition coefficient (Wildman–Crippen LogP) is 6.02. The van der Waals surface area contributed by atoms with Gasteiger partial charge in [0.1, 0.15) is 0 Å². The van der Waals surface area contributed by atoms with Gasteiger partial charge in [-0.25, -0.2) is 0 Å². The number of allylic oxidation sites excluding steroid dienone is 1. The van der Waals surface area contributed by atoms with Gasteiger partial charge in [0.05, 0.1) is 0 Å². The third-order valence-electron chi connectivity index (χ3n) is 4.97. The van der Waals surface area contributed by atoms with Crippen molar-refractivity contribution in [2.45, 2.75) is 18.6 Å². The fourth-order valence-electron chi connectivity index (χ4n) is 3.91. The van der Waals surface area contributed by atoms with Crippen molar-refractivity contribution in [3.63, 3.8) is 0 Å². The summed E-state index contributed by atoms with van der Waals surface area (Å²) in [5.74, 6) is 0. The van der Waals surface area contributed by atoms with Crippen LogP contribution in [-0.2, 0) is 0 Å². The molecule has 0 aliphatic heterocycles. The molecule has 0 N–H and O–H groups in total. The second-order valence-electron chi connectivity index (χ2n) is 6.86. The monoisotopic (exact) mass is 326 g/mol. The highest BCUT2D eigenvalue weighted by atomic mass is 28.3. The van der Waals surface area contributed by atoms with E-state index in [0.29, 0.717) is 5.54 Å². The Morgan fingerprint density at radius 1 is 0.667 bits per heavy atom. The molecule has 3 aromatic rings. The van der Waals surface area contributed by atoms with Gasteiger partial charge in [-0.05, 0) is 39.5 Å². The number of hydrogen-bond donors (Lipinski definition) is 0. The van der Waals surface area contributed by atoms with E-state index in [0.717, 1.165) is 0 Å². The molecule has 0 amide bonds. The first-order valence-corrected chi connectivity index (χ1v) is 11.7. The molecule has 4 rings (SSSR count). The van der Waals surface area contributed by atoms with E-state index in [-0.39, 0.29) is 0 Å². The summed E-state index contributed by atoms with van der Waals surface area (Å²) in [6.07, 6.45) is 2.45. The van der Waals surface area contributed by atoms with Crippen LogP contribution in [-0.4, -0.2) is 8.80 Å². The van der Waals surface area contributed by atoms with Gasteiger partial charge in [0.15, 0.2) is 0 Å². The van der Waals surface area contributed by atoms with E-state index in [2.05, 4.69) is 98.0 Å².